The van der Waals surface area contributed by atoms with Crippen molar-refractivity contribution in [1.82, 2.24) is 19.7 Å². The molecule has 8 heteroatoms. The van der Waals surface area contributed by atoms with E-state index in [-0.39, 0.29) is 10.3 Å². The van der Waals surface area contributed by atoms with Gasteiger partial charge in [0.1, 0.15) is 16.6 Å². The largest absolute Gasteiger partial charge is 0.478 e. The highest BCUT2D eigenvalue weighted by Crippen LogP contribution is 2.21. The predicted molar refractivity (Wildman–Crippen MR) is 66.2 cm³/mol. The normalized spacial score (nSPS) is 11.0. The van der Waals surface area contributed by atoms with E-state index < -0.39 is 5.97 Å². The van der Waals surface area contributed by atoms with Gasteiger partial charge in [-0.3, -0.25) is 0 Å². The van der Waals surface area contributed by atoms with E-state index in [1.54, 1.807) is 12.1 Å². The van der Waals surface area contributed by atoms with Gasteiger partial charge in [0, 0.05) is 17.8 Å². The van der Waals surface area contributed by atoms with Gasteiger partial charge in [0.2, 0.25) is 0 Å². The Kier molecular flexibility index (Phi) is 3.59. The van der Waals surface area contributed by atoms with Gasteiger partial charge in [0.25, 0.3) is 0 Å². The summed E-state index contributed by atoms with van der Waals surface area (Å²) in [6.07, 6.45) is 3.59. The highest BCUT2D eigenvalue weighted by Gasteiger charge is 2.06. The minimum atomic E-state index is -1.07. The summed E-state index contributed by atoms with van der Waals surface area (Å²) in [6.45, 7) is 0. The first-order valence-electron chi connectivity index (χ1n) is 4.70. The molecule has 0 amide bonds. The summed E-state index contributed by atoms with van der Waals surface area (Å²) in [5.74, 6) is -0.696. The Morgan fingerprint density at radius 2 is 2.00 bits per heavy atom. The van der Waals surface area contributed by atoms with Crippen LogP contribution in [-0.2, 0) is 4.79 Å². The SMILES string of the molecule is O=C(O)/C=C\n1cnc(-c2cc(Cl)nc(Cl)c2)n1. The molecule has 0 saturated carbocycles. The number of nitrogens with zero attached hydrogens (tertiary/aromatic N) is 4. The molecule has 0 radical (unpaired) electrons. The average Bonchev–Trinajstić information content (AvgIpc) is 2.73. The Labute approximate surface area is 112 Å². The maximum absolute atomic E-state index is 10.3. The summed E-state index contributed by atoms with van der Waals surface area (Å²) in [4.78, 5) is 18.2. The van der Waals surface area contributed by atoms with Crippen LogP contribution in [0.1, 0.15) is 0 Å². The van der Waals surface area contributed by atoms with Crippen molar-refractivity contribution in [1.29, 1.82) is 0 Å². The third-order valence-corrected chi connectivity index (χ3v) is 2.29. The summed E-state index contributed by atoms with van der Waals surface area (Å²) in [5, 5.41) is 13.0. The van der Waals surface area contributed by atoms with Gasteiger partial charge in [-0.1, -0.05) is 23.2 Å². The van der Waals surface area contributed by atoms with Gasteiger partial charge in [0.15, 0.2) is 5.82 Å². The molecule has 0 bridgehead atoms. The monoisotopic (exact) mass is 284 g/mol. The zero-order valence-corrected chi connectivity index (χ0v) is 10.3. The predicted octanol–water partition coefficient (Wildman–Crippen LogP) is 2.20. The van der Waals surface area contributed by atoms with Crippen molar-refractivity contribution in [2.75, 3.05) is 0 Å². The molecule has 18 heavy (non-hydrogen) atoms. The number of aliphatic carboxylic acids is 1. The van der Waals surface area contributed by atoms with E-state index in [0.717, 1.165) is 6.08 Å². The summed E-state index contributed by atoms with van der Waals surface area (Å²) in [6, 6.07) is 3.13. The van der Waals surface area contributed by atoms with Crippen LogP contribution < -0.4 is 0 Å². The lowest BCUT2D eigenvalue weighted by molar-refractivity contribution is -0.131. The Hall–Kier alpha value is -1.92. The molecule has 0 unspecified atom stereocenters. The third kappa shape index (κ3) is 3.06. The molecule has 0 atom stereocenters. The lowest BCUT2D eigenvalue weighted by Crippen LogP contribution is -1.92. The number of hydrogen-bond acceptors (Lipinski definition) is 4. The van der Waals surface area contributed by atoms with Gasteiger partial charge in [-0.15, -0.1) is 5.10 Å². The number of halogens is 2. The lowest BCUT2D eigenvalue weighted by atomic mass is 10.2. The fourth-order valence-corrected chi connectivity index (χ4v) is 1.67. The zero-order valence-electron chi connectivity index (χ0n) is 8.79. The molecule has 2 rings (SSSR count). The van der Waals surface area contributed by atoms with Gasteiger partial charge in [0.05, 0.1) is 0 Å². The molecule has 2 aromatic heterocycles. The van der Waals surface area contributed by atoms with Gasteiger partial charge in [-0.2, -0.15) is 0 Å². The fourth-order valence-electron chi connectivity index (χ4n) is 1.21. The van der Waals surface area contributed by atoms with Crippen molar-refractivity contribution in [2.45, 2.75) is 0 Å². The van der Waals surface area contributed by atoms with Crippen molar-refractivity contribution >= 4 is 35.4 Å². The molecule has 2 aromatic rings. The van der Waals surface area contributed by atoms with E-state index in [1.807, 2.05) is 0 Å². The quantitative estimate of drug-likeness (QED) is 0.690. The van der Waals surface area contributed by atoms with Crippen LogP contribution in [-0.4, -0.2) is 30.8 Å². The summed E-state index contributed by atoms with van der Waals surface area (Å²) < 4.78 is 1.27. The smallest absolute Gasteiger partial charge is 0.329 e. The van der Waals surface area contributed by atoms with Crippen LogP contribution in [0.2, 0.25) is 10.3 Å². The zero-order chi connectivity index (χ0) is 13.1. The minimum absolute atomic E-state index is 0.231. The Morgan fingerprint density at radius 1 is 1.33 bits per heavy atom. The van der Waals surface area contributed by atoms with Crippen LogP contribution in [0.5, 0.6) is 0 Å². The van der Waals surface area contributed by atoms with E-state index in [2.05, 4.69) is 15.1 Å². The molecule has 0 spiro atoms. The second-order valence-corrected chi connectivity index (χ2v) is 3.98. The van der Waals surface area contributed by atoms with Gasteiger partial charge >= 0.3 is 5.97 Å². The average molecular weight is 285 g/mol. The summed E-state index contributed by atoms with van der Waals surface area (Å²) in [7, 11) is 0. The molecule has 0 aliphatic carbocycles. The first-order valence-corrected chi connectivity index (χ1v) is 5.46. The minimum Gasteiger partial charge on any atom is -0.478 e. The number of carbonyl (C=O) groups is 1. The standard InChI is InChI=1S/C10H6Cl2N4O2/c11-7-3-6(4-8(12)14-7)10-13-5-16(15-10)2-1-9(17)18/h1-5H,(H,17,18)/b2-1-. The first-order chi connectivity index (χ1) is 8.54. The maximum atomic E-state index is 10.3. The second-order valence-electron chi connectivity index (χ2n) is 3.20. The molecule has 0 fully saturated rings. The Bertz CT molecular complexity index is 604. The molecule has 6 nitrogen and oxygen atoms in total. The molecule has 1 N–H and O–H groups in total. The van der Waals surface area contributed by atoms with Crippen LogP contribution in [0, 0.1) is 0 Å². The van der Waals surface area contributed by atoms with Crippen molar-refractivity contribution in [2.24, 2.45) is 0 Å². The van der Waals surface area contributed by atoms with Crippen molar-refractivity contribution < 1.29 is 9.90 Å². The number of aromatic nitrogens is 4. The Morgan fingerprint density at radius 3 is 2.61 bits per heavy atom. The number of pyridine rings is 1. The van der Waals surface area contributed by atoms with Crippen LogP contribution in [0.15, 0.2) is 24.5 Å². The highest BCUT2D eigenvalue weighted by molar-refractivity contribution is 6.32. The molecule has 0 aliphatic rings. The molecule has 0 aromatic carbocycles. The Balaban J connectivity index is 2.32. The van der Waals surface area contributed by atoms with E-state index >= 15 is 0 Å². The summed E-state index contributed by atoms with van der Waals surface area (Å²) in [5.41, 5.74) is 0.600. The lowest BCUT2D eigenvalue weighted by Gasteiger charge is -1.97. The third-order valence-electron chi connectivity index (χ3n) is 1.90. The van der Waals surface area contributed by atoms with Crippen LogP contribution in [0.25, 0.3) is 17.6 Å². The molecular formula is C10H6Cl2N4O2. The molecule has 2 heterocycles. The van der Waals surface area contributed by atoms with Crippen molar-refractivity contribution in [3.8, 4) is 11.4 Å². The number of carboxylic acids is 1. The van der Waals surface area contributed by atoms with E-state index in [0.29, 0.717) is 11.4 Å². The van der Waals surface area contributed by atoms with Gasteiger partial charge in [-0.25, -0.2) is 19.4 Å². The van der Waals surface area contributed by atoms with Crippen LogP contribution >= 0.6 is 23.2 Å². The topological polar surface area (TPSA) is 80.9 Å². The number of hydrogen-bond donors (Lipinski definition) is 1. The number of rotatable bonds is 3. The first kappa shape index (κ1) is 12.5. The van der Waals surface area contributed by atoms with Gasteiger partial charge < -0.3 is 5.11 Å². The molecule has 92 valence electrons. The molecule has 0 aliphatic heterocycles. The van der Waals surface area contributed by atoms with Crippen LogP contribution in [0.4, 0.5) is 0 Å². The van der Waals surface area contributed by atoms with Gasteiger partial charge in [-0.05, 0) is 12.1 Å². The molecular weight excluding hydrogens is 279 g/mol. The highest BCUT2D eigenvalue weighted by atomic mass is 35.5. The van der Waals surface area contributed by atoms with Crippen LogP contribution in [0.3, 0.4) is 0 Å². The summed E-state index contributed by atoms with van der Waals surface area (Å²) >= 11 is 11.5. The van der Waals surface area contributed by atoms with E-state index in [4.69, 9.17) is 28.3 Å². The fraction of sp³-hybridized carbons (Fsp3) is 0. The van der Waals surface area contributed by atoms with Crippen molar-refractivity contribution in [3.63, 3.8) is 0 Å². The maximum Gasteiger partial charge on any atom is 0.329 e. The van der Waals surface area contributed by atoms with Crippen molar-refractivity contribution in [3.05, 3.63) is 34.8 Å². The number of carboxylic acid groups (broad SMARTS) is 1. The molecule has 0 saturated heterocycles. The van der Waals surface area contributed by atoms with E-state index in [1.165, 1.54) is 17.2 Å². The second kappa shape index (κ2) is 5.16. The van der Waals surface area contributed by atoms with E-state index in [9.17, 15) is 4.79 Å².